The van der Waals surface area contributed by atoms with Gasteiger partial charge in [0, 0.05) is 11.6 Å². The van der Waals surface area contributed by atoms with Gasteiger partial charge in [-0.1, -0.05) is 26.0 Å². The molecule has 0 aliphatic rings. The lowest BCUT2D eigenvalue weighted by atomic mass is 10.0. The van der Waals surface area contributed by atoms with Crippen LogP contribution in [0.5, 0.6) is 11.5 Å². The van der Waals surface area contributed by atoms with Gasteiger partial charge in [0.05, 0.1) is 0 Å². The predicted molar refractivity (Wildman–Crippen MR) is 72.4 cm³/mol. The molecule has 0 radical (unpaired) electrons. The van der Waals surface area contributed by atoms with Gasteiger partial charge in [-0.2, -0.15) is 0 Å². The number of rotatable bonds is 4. The first kappa shape index (κ1) is 13.3. The van der Waals surface area contributed by atoms with Gasteiger partial charge < -0.3 is 4.74 Å². The molecular weight excluding hydrogens is 243 g/mol. The van der Waals surface area contributed by atoms with Crippen molar-refractivity contribution in [3.05, 3.63) is 59.4 Å². The Morgan fingerprint density at radius 1 is 1.11 bits per heavy atom. The summed E-state index contributed by atoms with van der Waals surface area (Å²) in [5, 5.41) is 0. The molecular formula is C16H15FO2. The zero-order valence-electron chi connectivity index (χ0n) is 10.9. The van der Waals surface area contributed by atoms with E-state index in [2.05, 4.69) is 13.8 Å². The summed E-state index contributed by atoms with van der Waals surface area (Å²) in [4.78, 5) is 10.7. The van der Waals surface area contributed by atoms with Crippen molar-refractivity contribution in [3.63, 3.8) is 0 Å². The maximum Gasteiger partial charge on any atom is 0.150 e. The zero-order chi connectivity index (χ0) is 13.8. The Balaban J connectivity index is 2.28. The Bertz CT molecular complexity index is 591. The Hall–Kier alpha value is -2.16. The summed E-state index contributed by atoms with van der Waals surface area (Å²) in [5.41, 5.74) is 1.40. The highest BCUT2D eigenvalue weighted by molar-refractivity contribution is 5.75. The van der Waals surface area contributed by atoms with Crippen LogP contribution >= 0.6 is 0 Å². The molecule has 3 heteroatoms. The first-order chi connectivity index (χ1) is 9.08. The van der Waals surface area contributed by atoms with Gasteiger partial charge in [-0.15, -0.1) is 0 Å². The summed E-state index contributed by atoms with van der Waals surface area (Å²) in [6, 6.07) is 11.6. The Morgan fingerprint density at radius 3 is 2.58 bits per heavy atom. The quantitative estimate of drug-likeness (QED) is 0.752. The molecule has 0 bridgehead atoms. The van der Waals surface area contributed by atoms with Crippen molar-refractivity contribution in [2.45, 2.75) is 19.8 Å². The monoisotopic (exact) mass is 258 g/mol. The van der Waals surface area contributed by atoms with Crippen LogP contribution in [0.25, 0.3) is 0 Å². The highest BCUT2D eigenvalue weighted by Gasteiger charge is 2.05. The van der Waals surface area contributed by atoms with E-state index in [0.29, 0.717) is 23.7 Å². The van der Waals surface area contributed by atoms with E-state index in [9.17, 15) is 9.18 Å². The fourth-order valence-corrected chi connectivity index (χ4v) is 1.78. The second-order valence-electron chi connectivity index (χ2n) is 4.67. The average Bonchev–Trinajstić information content (AvgIpc) is 2.38. The molecule has 0 saturated carbocycles. The number of carbonyl (C=O) groups excluding carboxylic acids is 1. The first-order valence-electron chi connectivity index (χ1n) is 6.12. The summed E-state index contributed by atoms with van der Waals surface area (Å²) >= 11 is 0. The van der Waals surface area contributed by atoms with E-state index >= 15 is 0 Å². The molecule has 0 unspecified atom stereocenters. The summed E-state index contributed by atoms with van der Waals surface area (Å²) in [6.45, 7) is 4.18. The van der Waals surface area contributed by atoms with E-state index in [1.165, 1.54) is 18.2 Å². The predicted octanol–water partition coefficient (Wildman–Crippen LogP) is 4.55. The number of ether oxygens (including phenoxy) is 1. The smallest absolute Gasteiger partial charge is 0.150 e. The van der Waals surface area contributed by atoms with Crippen molar-refractivity contribution in [1.29, 1.82) is 0 Å². The molecule has 2 aromatic carbocycles. The van der Waals surface area contributed by atoms with Gasteiger partial charge in [-0.25, -0.2) is 4.39 Å². The molecule has 0 fully saturated rings. The van der Waals surface area contributed by atoms with Crippen LogP contribution in [-0.2, 0) is 0 Å². The van der Waals surface area contributed by atoms with Gasteiger partial charge in [-0.3, -0.25) is 4.79 Å². The van der Waals surface area contributed by atoms with Crippen LogP contribution in [0, 0.1) is 5.82 Å². The number of benzene rings is 2. The number of halogens is 1. The fourth-order valence-electron chi connectivity index (χ4n) is 1.78. The summed E-state index contributed by atoms with van der Waals surface area (Å²) in [5.74, 6) is 0.859. The van der Waals surface area contributed by atoms with Crippen molar-refractivity contribution in [1.82, 2.24) is 0 Å². The van der Waals surface area contributed by atoms with Crippen LogP contribution in [0.3, 0.4) is 0 Å². The van der Waals surface area contributed by atoms with Crippen molar-refractivity contribution in [3.8, 4) is 11.5 Å². The summed E-state index contributed by atoms with van der Waals surface area (Å²) in [6.07, 6.45) is 0.598. The number of hydrogen-bond donors (Lipinski definition) is 0. The normalized spacial score (nSPS) is 10.5. The van der Waals surface area contributed by atoms with E-state index in [1.54, 1.807) is 6.07 Å². The third kappa shape index (κ3) is 3.41. The molecule has 2 aromatic rings. The van der Waals surface area contributed by atoms with Crippen LogP contribution in [0.2, 0.25) is 0 Å². The molecule has 2 rings (SSSR count). The fraction of sp³-hybridized carbons (Fsp3) is 0.188. The maximum atomic E-state index is 13.3. The van der Waals surface area contributed by atoms with Crippen LogP contribution in [0.1, 0.15) is 35.7 Å². The van der Waals surface area contributed by atoms with Crippen molar-refractivity contribution in [2.75, 3.05) is 0 Å². The molecule has 0 aromatic heterocycles. The Labute approximate surface area is 111 Å². The van der Waals surface area contributed by atoms with Crippen molar-refractivity contribution >= 4 is 6.29 Å². The molecule has 0 atom stereocenters. The third-order valence-electron chi connectivity index (χ3n) is 2.79. The maximum absolute atomic E-state index is 13.3. The topological polar surface area (TPSA) is 26.3 Å². The molecule has 0 saturated heterocycles. The number of hydrogen-bond acceptors (Lipinski definition) is 2. The van der Waals surface area contributed by atoms with E-state index in [4.69, 9.17) is 4.74 Å². The largest absolute Gasteiger partial charge is 0.457 e. The van der Waals surface area contributed by atoms with E-state index in [-0.39, 0.29) is 5.56 Å². The molecule has 0 aliphatic heterocycles. The second-order valence-corrected chi connectivity index (χ2v) is 4.67. The standard InChI is InChI=1S/C16H15FO2/c1-11(2)13-4-3-5-15(8-13)19-16-7-12(10-18)6-14(17)9-16/h3-11H,1-2H3. The lowest BCUT2D eigenvalue weighted by Gasteiger charge is -2.10. The molecule has 98 valence electrons. The van der Waals surface area contributed by atoms with E-state index in [0.717, 1.165) is 5.56 Å². The summed E-state index contributed by atoms with van der Waals surface area (Å²) < 4.78 is 18.9. The number of carbonyl (C=O) groups is 1. The third-order valence-corrected chi connectivity index (χ3v) is 2.79. The van der Waals surface area contributed by atoms with Crippen molar-refractivity contribution < 1.29 is 13.9 Å². The van der Waals surface area contributed by atoms with Gasteiger partial charge in [-0.05, 0) is 35.7 Å². The lowest BCUT2D eigenvalue weighted by Crippen LogP contribution is -1.91. The van der Waals surface area contributed by atoms with Crippen LogP contribution in [0.15, 0.2) is 42.5 Å². The molecule has 19 heavy (non-hydrogen) atoms. The van der Waals surface area contributed by atoms with Crippen LogP contribution in [-0.4, -0.2) is 6.29 Å². The Morgan fingerprint density at radius 2 is 1.89 bits per heavy atom. The minimum Gasteiger partial charge on any atom is -0.457 e. The van der Waals surface area contributed by atoms with Crippen LogP contribution in [0.4, 0.5) is 4.39 Å². The minimum atomic E-state index is -0.486. The first-order valence-corrected chi connectivity index (χ1v) is 6.12. The van der Waals surface area contributed by atoms with Crippen molar-refractivity contribution in [2.24, 2.45) is 0 Å². The van der Waals surface area contributed by atoms with Gasteiger partial charge >= 0.3 is 0 Å². The molecule has 0 aliphatic carbocycles. The molecule has 0 heterocycles. The van der Waals surface area contributed by atoms with Gasteiger partial charge in [0.25, 0.3) is 0 Å². The highest BCUT2D eigenvalue weighted by Crippen LogP contribution is 2.26. The van der Waals surface area contributed by atoms with E-state index in [1.807, 2.05) is 18.2 Å². The average molecular weight is 258 g/mol. The summed E-state index contributed by atoms with van der Waals surface area (Å²) in [7, 11) is 0. The van der Waals surface area contributed by atoms with Gasteiger partial charge in [0.2, 0.25) is 0 Å². The Kier molecular flexibility index (Phi) is 3.95. The molecule has 0 spiro atoms. The lowest BCUT2D eigenvalue weighted by molar-refractivity contribution is 0.112. The van der Waals surface area contributed by atoms with Gasteiger partial charge in [0.1, 0.15) is 23.6 Å². The molecule has 2 nitrogen and oxygen atoms in total. The van der Waals surface area contributed by atoms with Gasteiger partial charge in [0.15, 0.2) is 0 Å². The minimum absolute atomic E-state index is 0.259. The highest BCUT2D eigenvalue weighted by atomic mass is 19.1. The second kappa shape index (κ2) is 5.65. The zero-order valence-corrected chi connectivity index (χ0v) is 10.9. The van der Waals surface area contributed by atoms with Crippen LogP contribution < -0.4 is 4.74 Å². The molecule has 0 N–H and O–H groups in total. The number of aldehydes is 1. The SMILES string of the molecule is CC(C)c1cccc(Oc2cc(F)cc(C=O)c2)c1. The molecule has 0 amide bonds. The van der Waals surface area contributed by atoms with E-state index < -0.39 is 5.82 Å².